The molecule has 0 saturated heterocycles. The molecule has 1 aliphatic heterocycles. The molecule has 180 valence electrons. The van der Waals surface area contributed by atoms with Crippen molar-refractivity contribution in [2.75, 3.05) is 10.6 Å². The number of amides is 1. The second-order valence-electron chi connectivity index (χ2n) is 8.05. The molecule has 0 radical (unpaired) electrons. The molecule has 2 aromatic carbocycles. The summed E-state index contributed by atoms with van der Waals surface area (Å²) < 4.78 is 1.65. The number of carbonyl (C=O) groups is 1. The number of hydrogen-bond donors (Lipinski definition) is 2. The summed E-state index contributed by atoms with van der Waals surface area (Å²) >= 11 is 1.48. The zero-order valence-corrected chi connectivity index (χ0v) is 20.0. The Labute approximate surface area is 210 Å². The van der Waals surface area contributed by atoms with Crippen molar-refractivity contribution in [2.24, 2.45) is 0 Å². The highest BCUT2D eigenvalue weighted by atomic mass is 32.2. The third-order valence-corrected chi connectivity index (χ3v) is 6.54. The molecule has 11 heteroatoms. The van der Waals surface area contributed by atoms with E-state index in [1.165, 1.54) is 23.9 Å². The van der Waals surface area contributed by atoms with Crippen LogP contribution in [0.4, 0.5) is 17.3 Å². The SMILES string of the molecule is CC1=C(C(=O)Nc2cccnc2)[C@@H](c2ccc([N+](=O)[O-])cc2)n2nc(SCc3ccccc3)nc2N1. The lowest BCUT2D eigenvalue weighted by Crippen LogP contribution is -2.31. The quantitative estimate of drug-likeness (QED) is 0.211. The number of thioether (sulfide) groups is 1. The molecule has 1 atom stereocenters. The molecule has 0 fully saturated rings. The number of nitro groups is 1. The highest BCUT2D eigenvalue weighted by molar-refractivity contribution is 7.98. The molecule has 3 heterocycles. The van der Waals surface area contributed by atoms with E-state index in [0.717, 1.165) is 5.56 Å². The first-order valence-electron chi connectivity index (χ1n) is 11.1. The van der Waals surface area contributed by atoms with Crippen LogP contribution in [0, 0.1) is 10.1 Å². The maximum absolute atomic E-state index is 13.5. The van der Waals surface area contributed by atoms with Crippen LogP contribution in [0.25, 0.3) is 0 Å². The topological polar surface area (TPSA) is 128 Å². The van der Waals surface area contributed by atoms with Crippen molar-refractivity contribution in [1.82, 2.24) is 19.7 Å². The molecular weight excluding hydrogens is 478 g/mol. The molecule has 0 aliphatic carbocycles. The van der Waals surface area contributed by atoms with Gasteiger partial charge in [0.2, 0.25) is 11.1 Å². The van der Waals surface area contributed by atoms with Crippen molar-refractivity contribution in [1.29, 1.82) is 0 Å². The van der Waals surface area contributed by atoms with Crippen molar-refractivity contribution >= 4 is 35.0 Å². The molecule has 0 bridgehead atoms. The molecule has 0 unspecified atom stereocenters. The van der Waals surface area contributed by atoms with Gasteiger partial charge in [-0.1, -0.05) is 42.1 Å². The predicted octanol–water partition coefficient (Wildman–Crippen LogP) is 4.80. The second-order valence-corrected chi connectivity index (χ2v) is 8.99. The van der Waals surface area contributed by atoms with E-state index in [1.807, 2.05) is 30.3 Å². The number of allylic oxidation sites excluding steroid dienone is 1. The van der Waals surface area contributed by atoms with Crippen LogP contribution >= 0.6 is 11.8 Å². The number of non-ortho nitro benzene ring substituents is 1. The van der Waals surface area contributed by atoms with Crippen molar-refractivity contribution < 1.29 is 9.72 Å². The Morgan fingerprint density at radius 3 is 2.61 bits per heavy atom. The number of fused-ring (bicyclic) bond motifs is 1. The first-order chi connectivity index (χ1) is 17.5. The summed E-state index contributed by atoms with van der Waals surface area (Å²) in [5.74, 6) is 0.841. The van der Waals surface area contributed by atoms with E-state index >= 15 is 0 Å². The van der Waals surface area contributed by atoms with Gasteiger partial charge in [0, 0.05) is 29.8 Å². The minimum absolute atomic E-state index is 0.0346. The Balaban J connectivity index is 1.51. The minimum Gasteiger partial charge on any atom is -0.328 e. The van der Waals surface area contributed by atoms with Crippen LogP contribution in [0.3, 0.4) is 0 Å². The van der Waals surface area contributed by atoms with Crippen LogP contribution in [-0.2, 0) is 10.5 Å². The van der Waals surface area contributed by atoms with Gasteiger partial charge in [0.15, 0.2) is 0 Å². The van der Waals surface area contributed by atoms with Crippen LogP contribution in [0.15, 0.2) is 95.6 Å². The number of nitrogens with zero attached hydrogens (tertiary/aromatic N) is 5. The lowest BCUT2D eigenvalue weighted by atomic mass is 9.95. The average Bonchev–Trinajstić information content (AvgIpc) is 3.30. The number of aromatic nitrogens is 4. The van der Waals surface area contributed by atoms with Crippen molar-refractivity contribution in [3.63, 3.8) is 0 Å². The van der Waals surface area contributed by atoms with Crippen LogP contribution in [0.5, 0.6) is 0 Å². The van der Waals surface area contributed by atoms with E-state index in [9.17, 15) is 14.9 Å². The van der Waals surface area contributed by atoms with Gasteiger partial charge >= 0.3 is 0 Å². The Kier molecular flexibility index (Phi) is 6.46. The molecule has 2 aromatic heterocycles. The third kappa shape index (κ3) is 4.82. The van der Waals surface area contributed by atoms with E-state index in [2.05, 4.69) is 20.6 Å². The van der Waals surface area contributed by atoms with E-state index in [-0.39, 0.29) is 11.6 Å². The number of nitro benzene ring substituents is 1. The van der Waals surface area contributed by atoms with Gasteiger partial charge in [0.1, 0.15) is 6.04 Å². The van der Waals surface area contributed by atoms with Crippen LogP contribution in [-0.4, -0.2) is 30.6 Å². The van der Waals surface area contributed by atoms with Crippen molar-refractivity contribution in [3.8, 4) is 0 Å². The summed E-state index contributed by atoms with van der Waals surface area (Å²) in [7, 11) is 0. The first kappa shape index (κ1) is 23.2. The van der Waals surface area contributed by atoms with Crippen LogP contribution in [0.1, 0.15) is 24.1 Å². The molecule has 10 nitrogen and oxygen atoms in total. The zero-order chi connectivity index (χ0) is 25.1. The lowest BCUT2D eigenvalue weighted by molar-refractivity contribution is -0.384. The molecular formula is C25H21N7O3S. The molecule has 4 aromatic rings. The Morgan fingerprint density at radius 1 is 1.14 bits per heavy atom. The summed E-state index contributed by atoms with van der Waals surface area (Å²) in [5, 5.41) is 22.5. The molecule has 1 amide bonds. The molecule has 0 saturated carbocycles. The number of benzene rings is 2. The number of anilines is 2. The van der Waals surface area contributed by atoms with Crippen molar-refractivity contribution in [2.45, 2.75) is 23.9 Å². The maximum Gasteiger partial charge on any atom is 0.269 e. The third-order valence-electron chi connectivity index (χ3n) is 5.63. The van der Waals surface area contributed by atoms with Gasteiger partial charge in [-0.3, -0.25) is 19.9 Å². The molecule has 5 rings (SSSR count). The minimum atomic E-state index is -0.641. The fourth-order valence-electron chi connectivity index (χ4n) is 3.93. The molecule has 1 aliphatic rings. The summed E-state index contributed by atoms with van der Waals surface area (Å²) in [6.07, 6.45) is 3.18. The Hall–Kier alpha value is -4.51. The zero-order valence-electron chi connectivity index (χ0n) is 19.2. The summed E-state index contributed by atoms with van der Waals surface area (Å²) in [6.45, 7) is 1.80. The van der Waals surface area contributed by atoms with Crippen LogP contribution < -0.4 is 10.6 Å². The first-order valence-corrected chi connectivity index (χ1v) is 12.0. The molecule has 36 heavy (non-hydrogen) atoms. The summed E-state index contributed by atoms with van der Waals surface area (Å²) in [6, 6.07) is 19.0. The fourth-order valence-corrected chi connectivity index (χ4v) is 4.72. The predicted molar refractivity (Wildman–Crippen MR) is 136 cm³/mol. The smallest absolute Gasteiger partial charge is 0.269 e. The van der Waals surface area contributed by atoms with E-state index in [1.54, 1.807) is 48.3 Å². The summed E-state index contributed by atoms with van der Waals surface area (Å²) in [4.78, 5) is 32.9. The van der Waals surface area contributed by atoms with E-state index < -0.39 is 11.0 Å². The lowest BCUT2D eigenvalue weighted by Gasteiger charge is -2.28. The molecule has 2 N–H and O–H groups in total. The summed E-state index contributed by atoms with van der Waals surface area (Å²) in [5.41, 5.74) is 3.36. The Morgan fingerprint density at radius 2 is 1.92 bits per heavy atom. The highest BCUT2D eigenvalue weighted by Crippen LogP contribution is 2.37. The van der Waals surface area contributed by atoms with E-state index in [4.69, 9.17) is 5.10 Å². The average molecular weight is 500 g/mol. The van der Waals surface area contributed by atoms with Crippen molar-refractivity contribution in [3.05, 3.63) is 112 Å². The Bertz CT molecular complexity index is 1440. The van der Waals surface area contributed by atoms with Gasteiger partial charge in [0.25, 0.3) is 11.6 Å². The standard InChI is InChI=1S/C25H21N7O3S/c1-16-21(23(33)28-19-8-5-13-26-14-19)22(18-9-11-20(12-10-18)32(34)35)31-24(27-16)29-25(30-31)36-15-17-6-3-2-4-7-17/h2-14,22H,15H2,1H3,(H,28,33)(H,27,29,30)/t22-/m1/s1. The largest absolute Gasteiger partial charge is 0.328 e. The maximum atomic E-state index is 13.5. The number of nitrogens with one attached hydrogen (secondary N) is 2. The van der Waals surface area contributed by atoms with Crippen LogP contribution in [0.2, 0.25) is 0 Å². The number of pyridine rings is 1. The molecule has 0 spiro atoms. The normalized spacial score (nSPS) is 14.6. The van der Waals surface area contributed by atoms with Gasteiger partial charge < -0.3 is 10.6 Å². The monoisotopic (exact) mass is 499 g/mol. The highest BCUT2D eigenvalue weighted by Gasteiger charge is 2.34. The van der Waals surface area contributed by atoms with Gasteiger partial charge in [-0.05, 0) is 42.3 Å². The fraction of sp³-hybridized carbons (Fsp3) is 0.120. The van der Waals surface area contributed by atoms with Gasteiger partial charge in [-0.15, -0.1) is 5.10 Å². The van der Waals surface area contributed by atoms with Gasteiger partial charge in [-0.2, -0.15) is 4.98 Å². The van der Waals surface area contributed by atoms with E-state index in [0.29, 0.717) is 39.4 Å². The number of rotatable bonds is 7. The van der Waals surface area contributed by atoms with Gasteiger partial charge in [0.05, 0.1) is 22.4 Å². The van der Waals surface area contributed by atoms with Gasteiger partial charge in [-0.25, -0.2) is 4.68 Å². The second kappa shape index (κ2) is 10.0. The number of carbonyl (C=O) groups excluding carboxylic acids is 1. The number of hydrogen-bond acceptors (Lipinski definition) is 8.